The molecule has 1 aromatic rings. The molecule has 1 aromatic carbocycles. The summed E-state index contributed by atoms with van der Waals surface area (Å²) in [5.41, 5.74) is 1.10. The first-order valence-corrected chi connectivity index (χ1v) is 8.18. The standard InChI is InChI=1S/C18H25NO2/c1-2-21-17(20)18-11-7-6-10-16(18)13-19(14-18)12-15-8-4-3-5-9-15/h3-5,8-9,16H,2,6-7,10-14H2,1H3/t16?,18-/m0/s1. The van der Waals surface area contributed by atoms with Gasteiger partial charge in [-0.05, 0) is 31.2 Å². The Kier molecular flexibility index (Phi) is 4.29. The average molecular weight is 287 g/mol. The summed E-state index contributed by atoms with van der Waals surface area (Å²) in [4.78, 5) is 15.0. The number of carbonyl (C=O) groups is 1. The number of carbonyl (C=O) groups excluding carboxylic acids is 1. The van der Waals surface area contributed by atoms with Crippen molar-refractivity contribution < 1.29 is 9.53 Å². The zero-order valence-electron chi connectivity index (χ0n) is 12.9. The third-order valence-electron chi connectivity index (χ3n) is 5.12. The molecule has 2 atom stereocenters. The van der Waals surface area contributed by atoms with Gasteiger partial charge in [0.25, 0.3) is 0 Å². The Labute approximate surface area is 127 Å². The van der Waals surface area contributed by atoms with Crippen LogP contribution in [0.3, 0.4) is 0 Å². The summed E-state index contributed by atoms with van der Waals surface area (Å²) in [6.07, 6.45) is 4.59. The van der Waals surface area contributed by atoms with Crippen LogP contribution in [0, 0.1) is 11.3 Å². The zero-order valence-corrected chi connectivity index (χ0v) is 12.9. The minimum Gasteiger partial charge on any atom is -0.466 e. The molecular weight excluding hydrogens is 262 g/mol. The van der Waals surface area contributed by atoms with Crippen molar-refractivity contribution in [1.29, 1.82) is 0 Å². The highest BCUT2D eigenvalue weighted by Gasteiger charge is 2.53. The monoisotopic (exact) mass is 287 g/mol. The van der Waals surface area contributed by atoms with Crippen LogP contribution in [0.1, 0.15) is 38.2 Å². The van der Waals surface area contributed by atoms with Gasteiger partial charge >= 0.3 is 5.97 Å². The van der Waals surface area contributed by atoms with E-state index in [9.17, 15) is 4.79 Å². The van der Waals surface area contributed by atoms with Gasteiger partial charge in [0.2, 0.25) is 0 Å². The molecule has 0 bridgehead atoms. The van der Waals surface area contributed by atoms with Crippen LogP contribution in [0.2, 0.25) is 0 Å². The Bertz CT molecular complexity index is 487. The molecule has 0 radical (unpaired) electrons. The lowest BCUT2D eigenvalue weighted by Crippen LogP contribution is -2.42. The van der Waals surface area contributed by atoms with E-state index in [1.54, 1.807) is 0 Å². The lowest BCUT2D eigenvalue weighted by molar-refractivity contribution is -0.159. The van der Waals surface area contributed by atoms with E-state index >= 15 is 0 Å². The van der Waals surface area contributed by atoms with Gasteiger partial charge in [0.15, 0.2) is 0 Å². The Balaban J connectivity index is 1.74. The van der Waals surface area contributed by atoms with Crippen molar-refractivity contribution in [1.82, 2.24) is 4.90 Å². The van der Waals surface area contributed by atoms with Crippen molar-refractivity contribution in [2.75, 3.05) is 19.7 Å². The van der Waals surface area contributed by atoms with E-state index in [0.717, 1.165) is 32.5 Å². The van der Waals surface area contributed by atoms with E-state index in [4.69, 9.17) is 4.74 Å². The fourth-order valence-electron chi connectivity index (χ4n) is 4.13. The van der Waals surface area contributed by atoms with E-state index in [1.165, 1.54) is 18.4 Å². The molecule has 1 saturated carbocycles. The molecular formula is C18H25NO2. The molecule has 0 spiro atoms. The fraction of sp³-hybridized carbons (Fsp3) is 0.611. The number of hydrogen-bond acceptors (Lipinski definition) is 3. The van der Waals surface area contributed by atoms with Crippen molar-refractivity contribution in [2.24, 2.45) is 11.3 Å². The number of esters is 1. The molecule has 1 aliphatic carbocycles. The van der Waals surface area contributed by atoms with E-state index in [-0.39, 0.29) is 11.4 Å². The number of hydrogen-bond donors (Lipinski definition) is 0. The van der Waals surface area contributed by atoms with Gasteiger partial charge in [0, 0.05) is 19.6 Å². The smallest absolute Gasteiger partial charge is 0.313 e. The normalized spacial score (nSPS) is 29.1. The van der Waals surface area contributed by atoms with Gasteiger partial charge in [-0.15, -0.1) is 0 Å². The zero-order chi connectivity index (χ0) is 14.7. The highest BCUT2D eigenvalue weighted by molar-refractivity contribution is 5.78. The summed E-state index contributed by atoms with van der Waals surface area (Å²) < 4.78 is 5.42. The van der Waals surface area contributed by atoms with Crippen LogP contribution in [0.25, 0.3) is 0 Å². The summed E-state index contributed by atoms with van der Waals surface area (Å²) in [6, 6.07) is 10.5. The fourth-order valence-corrected chi connectivity index (χ4v) is 4.13. The number of likely N-dealkylation sites (tertiary alicyclic amines) is 1. The van der Waals surface area contributed by atoms with Crippen molar-refractivity contribution in [3.8, 4) is 0 Å². The number of ether oxygens (including phenoxy) is 1. The molecule has 1 aliphatic heterocycles. The van der Waals surface area contributed by atoms with Crippen LogP contribution >= 0.6 is 0 Å². The first-order valence-electron chi connectivity index (χ1n) is 8.18. The van der Waals surface area contributed by atoms with E-state index in [0.29, 0.717) is 12.5 Å². The summed E-state index contributed by atoms with van der Waals surface area (Å²) >= 11 is 0. The van der Waals surface area contributed by atoms with Gasteiger partial charge in [-0.1, -0.05) is 43.2 Å². The summed E-state index contributed by atoms with van der Waals surface area (Å²) in [7, 11) is 0. The Hall–Kier alpha value is -1.35. The first kappa shape index (κ1) is 14.6. The van der Waals surface area contributed by atoms with Crippen LogP contribution in [0.5, 0.6) is 0 Å². The number of fused-ring (bicyclic) bond motifs is 1. The van der Waals surface area contributed by atoms with Gasteiger partial charge < -0.3 is 4.74 Å². The van der Waals surface area contributed by atoms with E-state index < -0.39 is 0 Å². The first-order chi connectivity index (χ1) is 10.2. The van der Waals surface area contributed by atoms with Crippen molar-refractivity contribution in [3.05, 3.63) is 35.9 Å². The molecule has 2 fully saturated rings. The van der Waals surface area contributed by atoms with Crippen LogP contribution in [-0.2, 0) is 16.1 Å². The predicted molar refractivity (Wildman–Crippen MR) is 82.7 cm³/mol. The summed E-state index contributed by atoms with van der Waals surface area (Å²) in [5.74, 6) is 0.527. The van der Waals surface area contributed by atoms with E-state index in [2.05, 4.69) is 29.2 Å². The Morgan fingerprint density at radius 2 is 2.14 bits per heavy atom. The van der Waals surface area contributed by atoms with E-state index in [1.807, 2.05) is 13.0 Å². The second-order valence-corrected chi connectivity index (χ2v) is 6.47. The number of benzene rings is 1. The lowest BCUT2D eigenvalue weighted by Gasteiger charge is -2.36. The molecule has 1 saturated heterocycles. The molecule has 1 heterocycles. The summed E-state index contributed by atoms with van der Waals surface area (Å²) in [5, 5.41) is 0. The molecule has 2 aliphatic rings. The van der Waals surface area contributed by atoms with Crippen LogP contribution in [0.4, 0.5) is 0 Å². The predicted octanol–water partition coefficient (Wildman–Crippen LogP) is 3.24. The van der Waals surface area contributed by atoms with Crippen molar-refractivity contribution in [2.45, 2.75) is 39.2 Å². The highest BCUT2D eigenvalue weighted by Crippen LogP contribution is 2.47. The minimum atomic E-state index is -0.233. The number of nitrogens with zero attached hydrogens (tertiary/aromatic N) is 1. The second kappa shape index (κ2) is 6.18. The molecule has 0 aromatic heterocycles. The minimum absolute atomic E-state index is 0.0465. The van der Waals surface area contributed by atoms with Gasteiger partial charge in [0.05, 0.1) is 12.0 Å². The molecule has 3 nitrogen and oxygen atoms in total. The SMILES string of the molecule is CCOC(=O)[C@]12CCCCC1CN(Cc1ccccc1)C2. The third-order valence-corrected chi connectivity index (χ3v) is 5.12. The van der Waals surface area contributed by atoms with Gasteiger partial charge in [-0.2, -0.15) is 0 Å². The largest absolute Gasteiger partial charge is 0.466 e. The maximum atomic E-state index is 12.6. The topological polar surface area (TPSA) is 29.5 Å². The van der Waals surface area contributed by atoms with Crippen LogP contribution in [0.15, 0.2) is 30.3 Å². The molecule has 0 N–H and O–H groups in total. The maximum Gasteiger partial charge on any atom is 0.313 e. The lowest BCUT2D eigenvalue weighted by atomic mass is 9.68. The molecule has 3 rings (SSSR count). The van der Waals surface area contributed by atoms with Crippen molar-refractivity contribution in [3.63, 3.8) is 0 Å². The quantitative estimate of drug-likeness (QED) is 0.796. The Morgan fingerprint density at radius 1 is 1.33 bits per heavy atom. The van der Waals surface area contributed by atoms with Gasteiger partial charge in [-0.25, -0.2) is 0 Å². The van der Waals surface area contributed by atoms with Crippen LogP contribution < -0.4 is 0 Å². The van der Waals surface area contributed by atoms with Crippen molar-refractivity contribution >= 4 is 5.97 Å². The van der Waals surface area contributed by atoms with Gasteiger partial charge in [0.1, 0.15) is 0 Å². The highest BCUT2D eigenvalue weighted by atomic mass is 16.5. The number of rotatable bonds is 4. The molecule has 21 heavy (non-hydrogen) atoms. The second-order valence-electron chi connectivity index (χ2n) is 6.47. The summed E-state index contributed by atoms with van der Waals surface area (Å²) in [6.45, 7) is 5.24. The molecule has 0 amide bonds. The van der Waals surface area contributed by atoms with Gasteiger partial charge in [-0.3, -0.25) is 9.69 Å². The molecule has 1 unspecified atom stereocenters. The molecule has 114 valence electrons. The Morgan fingerprint density at radius 3 is 2.90 bits per heavy atom. The van der Waals surface area contributed by atoms with Crippen LogP contribution in [-0.4, -0.2) is 30.6 Å². The maximum absolute atomic E-state index is 12.6. The average Bonchev–Trinajstić information content (AvgIpc) is 2.87. The third kappa shape index (κ3) is 2.84. The molecule has 3 heteroatoms.